The standard InChI is InChI=1S/C17H23NO5/c1-12(2)10-18-16(19)11-23-17(20)8-6-13-5-7-14(21-3)9-15(13)22-4/h5-9,12H,10-11H2,1-4H3,(H,18,19)/b8-6+. The van der Waals surface area contributed by atoms with Crippen molar-refractivity contribution < 1.29 is 23.8 Å². The first-order chi connectivity index (χ1) is 11.0. The number of esters is 1. The van der Waals surface area contributed by atoms with Gasteiger partial charge in [0.2, 0.25) is 0 Å². The summed E-state index contributed by atoms with van der Waals surface area (Å²) in [6, 6.07) is 5.23. The Hall–Kier alpha value is -2.50. The number of nitrogens with one attached hydrogen (secondary N) is 1. The van der Waals surface area contributed by atoms with Crippen molar-refractivity contribution >= 4 is 18.0 Å². The maximum atomic E-state index is 11.6. The maximum absolute atomic E-state index is 11.6. The van der Waals surface area contributed by atoms with E-state index in [1.807, 2.05) is 13.8 Å². The van der Waals surface area contributed by atoms with Crippen LogP contribution >= 0.6 is 0 Å². The molecule has 0 heterocycles. The lowest BCUT2D eigenvalue weighted by molar-refractivity contribution is -0.143. The molecule has 1 rings (SSSR count). The SMILES string of the molecule is COc1ccc(/C=C/C(=O)OCC(=O)NCC(C)C)c(OC)c1. The molecule has 0 fully saturated rings. The van der Waals surface area contributed by atoms with Crippen molar-refractivity contribution in [1.29, 1.82) is 0 Å². The van der Waals surface area contributed by atoms with Crippen LogP contribution in [0.15, 0.2) is 24.3 Å². The third-order valence-corrected chi connectivity index (χ3v) is 2.89. The lowest BCUT2D eigenvalue weighted by Crippen LogP contribution is -2.31. The van der Waals surface area contributed by atoms with Crippen LogP contribution in [0.5, 0.6) is 11.5 Å². The van der Waals surface area contributed by atoms with Gasteiger partial charge in [-0.2, -0.15) is 0 Å². The smallest absolute Gasteiger partial charge is 0.331 e. The fraction of sp³-hybridized carbons (Fsp3) is 0.412. The summed E-state index contributed by atoms with van der Waals surface area (Å²) in [5.41, 5.74) is 0.703. The molecule has 0 aliphatic carbocycles. The molecule has 0 aliphatic rings. The molecule has 1 N–H and O–H groups in total. The number of methoxy groups -OCH3 is 2. The Labute approximate surface area is 136 Å². The third-order valence-electron chi connectivity index (χ3n) is 2.89. The molecule has 0 bridgehead atoms. The van der Waals surface area contributed by atoms with Crippen molar-refractivity contribution in [1.82, 2.24) is 5.32 Å². The van der Waals surface area contributed by atoms with Crippen LogP contribution in [-0.2, 0) is 14.3 Å². The van der Waals surface area contributed by atoms with Gasteiger partial charge in [-0.15, -0.1) is 0 Å². The van der Waals surface area contributed by atoms with E-state index in [1.165, 1.54) is 13.2 Å². The van der Waals surface area contributed by atoms with E-state index in [1.54, 1.807) is 31.4 Å². The van der Waals surface area contributed by atoms with Crippen molar-refractivity contribution in [3.63, 3.8) is 0 Å². The monoisotopic (exact) mass is 321 g/mol. The van der Waals surface area contributed by atoms with Gasteiger partial charge in [-0.1, -0.05) is 13.8 Å². The van der Waals surface area contributed by atoms with Crippen LogP contribution in [0.4, 0.5) is 0 Å². The summed E-state index contributed by atoms with van der Waals surface area (Å²) >= 11 is 0. The first-order valence-corrected chi connectivity index (χ1v) is 7.29. The molecule has 126 valence electrons. The molecular formula is C17H23NO5. The molecule has 1 aromatic carbocycles. The fourth-order valence-electron chi connectivity index (χ4n) is 1.67. The number of amides is 1. The number of ether oxygens (including phenoxy) is 3. The highest BCUT2D eigenvalue weighted by Crippen LogP contribution is 2.25. The Kier molecular flexibility index (Phi) is 7.66. The van der Waals surface area contributed by atoms with E-state index in [2.05, 4.69) is 5.32 Å². The van der Waals surface area contributed by atoms with Gasteiger partial charge in [-0.25, -0.2) is 4.79 Å². The largest absolute Gasteiger partial charge is 0.497 e. The van der Waals surface area contributed by atoms with E-state index in [0.717, 1.165) is 0 Å². The van der Waals surface area contributed by atoms with Gasteiger partial charge in [0.05, 0.1) is 14.2 Å². The lowest BCUT2D eigenvalue weighted by Gasteiger charge is -2.08. The van der Waals surface area contributed by atoms with Gasteiger partial charge in [-0.3, -0.25) is 4.79 Å². The Bertz CT molecular complexity index is 566. The summed E-state index contributed by atoms with van der Waals surface area (Å²) in [5.74, 6) is 0.661. The average Bonchev–Trinajstić information content (AvgIpc) is 2.55. The van der Waals surface area contributed by atoms with E-state index in [4.69, 9.17) is 14.2 Å². The second-order valence-electron chi connectivity index (χ2n) is 5.25. The first kappa shape index (κ1) is 18.5. The summed E-state index contributed by atoms with van der Waals surface area (Å²) in [4.78, 5) is 23.1. The highest BCUT2D eigenvalue weighted by Gasteiger charge is 2.06. The van der Waals surface area contributed by atoms with Crippen molar-refractivity contribution in [2.24, 2.45) is 5.92 Å². The van der Waals surface area contributed by atoms with E-state index >= 15 is 0 Å². The highest BCUT2D eigenvalue weighted by molar-refractivity contribution is 5.89. The predicted octanol–water partition coefficient (Wildman–Crippen LogP) is 2.03. The molecule has 1 aromatic rings. The minimum absolute atomic E-state index is 0.296. The van der Waals surface area contributed by atoms with Crippen LogP contribution in [0, 0.1) is 5.92 Å². The van der Waals surface area contributed by atoms with Crippen molar-refractivity contribution in [3.05, 3.63) is 29.8 Å². The van der Waals surface area contributed by atoms with Gasteiger partial charge in [-0.05, 0) is 24.1 Å². The molecule has 1 amide bonds. The molecule has 0 unspecified atom stereocenters. The van der Waals surface area contributed by atoms with Crippen molar-refractivity contribution in [3.8, 4) is 11.5 Å². The first-order valence-electron chi connectivity index (χ1n) is 7.29. The van der Waals surface area contributed by atoms with E-state index in [0.29, 0.717) is 29.5 Å². The molecule has 6 heteroatoms. The number of carbonyl (C=O) groups excluding carboxylic acids is 2. The van der Waals surface area contributed by atoms with E-state index in [-0.39, 0.29) is 12.5 Å². The van der Waals surface area contributed by atoms with Crippen molar-refractivity contribution in [2.75, 3.05) is 27.4 Å². The molecule has 23 heavy (non-hydrogen) atoms. The molecule has 0 aromatic heterocycles. The van der Waals surface area contributed by atoms with Crippen LogP contribution < -0.4 is 14.8 Å². The van der Waals surface area contributed by atoms with Gasteiger partial charge in [0, 0.05) is 24.3 Å². The summed E-state index contributed by atoms with van der Waals surface area (Å²) in [6.45, 7) is 4.22. The van der Waals surface area contributed by atoms with Crippen LogP contribution in [0.3, 0.4) is 0 Å². The normalized spacial score (nSPS) is 10.7. The Balaban J connectivity index is 2.53. The van der Waals surface area contributed by atoms with Crippen LogP contribution in [0.25, 0.3) is 6.08 Å². The Morgan fingerprint density at radius 2 is 1.96 bits per heavy atom. The molecular weight excluding hydrogens is 298 g/mol. The molecule has 0 aliphatic heterocycles. The summed E-state index contributed by atoms with van der Waals surface area (Å²) in [6.07, 6.45) is 2.81. The maximum Gasteiger partial charge on any atom is 0.331 e. The molecule has 0 saturated carbocycles. The third kappa shape index (κ3) is 6.86. The second-order valence-corrected chi connectivity index (χ2v) is 5.25. The van der Waals surface area contributed by atoms with Gasteiger partial charge < -0.3 is 19.5 Å². The molecule has 0 saturated heterocycles. The summed E-state index contributed by atoms with van der Waals surface area (Å²) in [5, 5.41) is 2.67. The zero-order chi connectivity index (χ0) is 17.2. The van der Waals surface area contributed by atoms with Gasteiger partial charge in [0.1, 0.15) is 11.5 Å². The topological polar surface area (TPSA) is 73.9 Å². The minimum atomic E-state index is -0.595. The Morgan fingerprint density at radius 3 is 2.57 bits per heavy atom. The molecule has 6 nitrogen and oxygen atoms in total. The van der Waals surface area contributed by atoms with Crippen LogP contribution in [0.1, 0.15) is 19.4 Å². The van der Waals surface area contributed by atoms with Crippen LogP contribution in [-0.4, -0.2) is 39.2 Å². The molecule has 0 atom stereocenters. The van der Waals surface area contributed by atoms with Crippen molar-refractivity contribution in [2.45, 2.75) is 13.8 Å². The van der Waals surface area contributed by atoms with Crippen LogP contribution in [0.2, 0.25) is 0 Å². The van der Waals surface area contributed by atoms with E-state index in [9.17, 15) is 9.59 Å². The lowest BCUT2D eigenvalue weighted by atomic mass is 10.2. The molecule has 0 radical (unpaired) electrons. The van der Waals surface area contributed by atoms with E-state index < -0.39 is 5.97 Å². The summed E-state index contributed by atoms with van der Waals surface area (Å²) in [7, 11) is 3.09. The number of benzene rings is 1. The van der Waals surface area contributed by atoms with Gasteiger partial charge in [0.15, 0.2) is 6.61 Å². The molecule has 0 spiro atoms. The zero-order valence-corrected chi connectivity index (χ0v) is 13.9. The zero-order valence-electron chi connectivity index (χ0n) is 13.9. The average molecular weight is 321 g/mol. The highest BCUT2D eigenvalue weighted by atomic mass is 16.5. The number of hydrogen-bond donors (Lipinski definition) is 1. The Morgan fingerprint density at radius 1 is 1.22 bits per heavy atom. The number of hydrogen-bond acceptors (Lipinski definition) is 5. The van der Waals surface area contributed by atoms with Gasteiger partial charge in [0.25, 0.3) is 5.91 Å². The summed E-state index contributed by atoms with van der Waals surface area (Å²) < 4.78 is 15.2. The number of rotatable bonds is 8. The predicted molar refractivity (Wildman–Crippen MR) is 87.4 cm³/mol. The quantitative estimate of drug-likeness (QED) is 0.586. The number of carbonyl (C=O) groups is 2. The minimum Gasteiger partial charge on any atom is -0.497 e. The second kappa shape index (κ2) is 9.50. The fourth-order valence-corrected chi connectivity index (χ4v) is 1.67. The van der Waals surface area contributed by atoms with Gasteiger partial charge >= 0.3 is 5.97 Å².